The van der Waals surface area contributed by atoms with Crippen molar-refractivity contribution in [1.29, 1.82) is 0 Å². The molecule has 4 heterocycles. The number of hydrogen-bond acceptors (Lipinski definition) is 6. The Kier molecular flexibility index (Phi) is 3.49. The van der Waals surface area contributed by atoms with E-state index in [4.69, 9.17) is 4.74 Å². The molecule has 3 aromatic rings. The van der Waals surface area contributed by atoms with Gasteiger partial charge in [0.2, 0.25) is 11.8 Å². The maximum atomic E-state index is 12.9. The third-order valence-corrected chi connectivity index (χ3v) is 3.85. The van der Waals surface area contributed by atoms with Crippen molar-refractivity contribution in [2.24, 2.45) is 0 Å². The lowest BCUT2D eigenvalue weighted by molar-refractivity contribution is 0.163. The molecular weight excluding hydrogens is 299 g/mol. The first kappa shape index (κ1) is 13.9. The Balaban J connectivity index is 1.38. The monoisotopic (exact) mass is 314 g/mol. The van der Waals surface area contributed by atoms with Crippen molar-refractivity contribution in [2.45, 2.75) is 18.9 Å². The fourth-order valence-corrected chi connectivity index (χ4v) is 2.67. The standard InChI is InChI=1S/C15H15FN6O/c16-11-9-17-15(18-10-11)21-6-2-12(3-7-21)23-14-4-8-22-13(20-14)1-5-19-22/h1,4-5,8-10,12H,2-3,6-7H2. The van der Waals surface area contributed by atoms with E-state index in [2.05, 4.69) is 20.1 Å². The fraction of sp³-hybridized carbons (Fsp3) is 0.333. The van der Waals surface area contributed by atoms with E-state index in [1.54, 1.807) is 10.7 Å². The van der Waals surface area contributed by atoms with Crippen LogP contribution in [0, 0.1) is 5.82 Å². The van der Waals surface area contributed by atoms with E-state index in [0.29, 0.717) is 11.8 Å². The van der Waals surface area contributed by atoms with E-state index >= 15 is 0 Å². The molecule has 0 spiro atoms. The molecule has 0 bridgehead atoms. The second-order valence-corrected chi connectivity index (χ2v) is 5.41. The molecule has 0 saturated carbocycles. The lowest BCUT2D eigenvalue weighted by Crippen LogP contribution is -2.39. The molecular formula is C15H15FN6O. The number of nitrogens with zero attached hydrogens (tertiary/aromatic N) is 6. The summed E-state index contributed by atoms with van der Waals surface area (Å²) in [7, 11) is 0. The first-order valence-electron chi connectivity index (χ1n) is 7.47. The van der Waals surface area contributed by atoms with Gasteiger partial charge in [0, 0.05) is 44.3 Å². The lowest BCUT2D eigenvalue weighted by Gasteiger charge is -2.31. The molecule has 23 heavy (non-hydrogen) atoms. The van der Waals surface area contributed by atoms with E-state index in [1.165, 1.54) is 12.4 Å². The van der Waals surface area contributed by atoms with Gasteiger partial charge in [0.05, 0.1) is 18.6 Å². The van der Waals surface area contributed by atoms with Crippen LogP contribution in [-0.4, -0.2) is 43.8 Å². The highest BCUT2D eigenvalue weighted by Crippen LogP contribution is 2.20. The third kappa shape index (κ3) is 2.92. The first-order chi connectivity index (χ1) is 11.3. The highest BCUT2D eigenvalue weighted by molar-refractivity contribution is 5.38. The van der Waals surface area contributed by atoms with Gasteiger partial charge in [0.15, 0.2) is 11.5 Å². The molecule has 1 aliphatic rings. The van der Waals surface area contributed by atoms with Gasteiger partial charge in [-0.1, -0.05) is 0 Å². The van der Waals surface area contributed by atoms with Gasteiger partial charge in [0.1, 0.15) is 6.10 Å². The van der Waals surface area contributed by atoms with Crippen LogP contribution in [0.1, 0.15) is 12.8 Å². The molecule has 0 aliphatic carbocycles. The van der Waals surface area contributed by atoms with Crippen LogP contribution in [0.15, 0.2) is 36.9 Å². The molecule has 0 unspecified atom stereocenters. The molecule has 3 aromatic heterocycles. The van der Waals surface area contributed by atoms with Crippen molar-refractivity contribution in [3.63, 3.8) is 0 Å². The molecule has 7 nitrogen and oxygen atoms in total. The summed E-state index contributed by atoms with van der Waals surface area (Å²) in [6.07, 6.45) is 7.70. The molecule has 1 aliphatic heterocycles. The molecule has 0 radical (unpaired) electrons. The van der Waals surface area contributed by atoms with Gasteiger partial charge in [-0.3, -0.25) is 0 Å². The van der Waals surface area contributed by atoms with Crippen molar-refractivity contribution >= 4 is 11.6 Å². The van der Waals surface area contributed by atoms with Crippen LogP contribution in [0.25, 0.3) is 5.65 Å². The largest absolute Gasteiger partial charge is 0.474 e. The number of fused-ring (bicyclic) bond motifs is 1. The van der Waals surface area contributed by atoms with Crippen LogP contribution < -0.4 is 9.64 Å². The Bertz CT molecular complexity index is 797. The van der Waals surface area contributed by atoms with E-state index in [1.807, 2.05) is 23.2 Å². The van der Waals surface area contributed by atoms with Crippen molar-refractivity contribution in [1.82, 2.24) is 24.6 Å². The van der Waals surface area contributed by atoms with Gasteiger partial charge >= 0.3 is 0 Å². The summed E-state index contributed by atoms with van der Waals surface area (Å²) < 4.78 is 20.5. The van der Waals surface area contributed by atoms with E-state index in [9.17, 15) is 4.39 Å². The SMILES string of the molecule is Fc1cnc(N2CCC(Oc3ccn4nccc4n3)CC2)nc1. The van der Waals surface area contributed by atoms with Crippen LogP contribution in [0.5, 0.6) is 5.88 Å². The topological polar surface area (TPSA) is 68.4 Å². The predicted molar refractivity (Wildman–Crippen MR) is 80.8 cm³/mol. The van der Waals surface area contributed by atoms with Gasteiger partial charge in [-0.2, -0.15) is 10.1 Å². The Labute approximate surface area is 131 Å². The quantitative estimate of drug-likeness (QED) is 0.733. The normalized spacial score (nSPS) is 16.0. The van der Waals surface area contributed by atoms with Crippen LogP contribution in [0.3, 0.4) is 0 Å². The van der Waals surface area contributed by atoms with Crippen LogP contribution >= 0.6 is 0 Å². The van der Waals surface area contributed by atoms with E-state index < -0.39 is 5.82 Å². The Hall–Kier alpha value is -2.77. The van der Waals surface area contributed by atoms with Gasteiger partial charge in [0.25, 0.3) is 0 Å². The van der Waals surface area contributed by atoms with Gasteiger partial charge in [-0.25, -0.2) is 18.9 Å². The van der Waals surface area contributed by atoms with Crippen molar-refractivity contribution in [2.75, 3.05) is 18.0 Å². The van der Waals surface area contributed by atoms with Gasteiger partial charge < -0.3 is 9.64 Å². The van der Waals surface area contributed by atoms with Gasteiger partial charge in [-0.05, 0) is 0 Å². The Morgan fingerprint density at radius 2 is 1.91 bits per heavy atom. The third-order valence-electron chi connectivity index (χ3n) is 3.85. The minimum Gasteiger partial charge on any atom is -0.474 e. The number of ether oxygens (including phenoxy) is 1. The van der Waals surface area contributed by atoms with Gasteiger partial charge in [-0.15, -0.1) is 0 Å². The molecule has 118 valence electrons. The summed E-state index contributed by atoms with van der Waals surface area (Å²) in [4.78, 5) is 14.5. The molecule has 0 N–H and O–H groups in total. The number of halogens is 1. The van der Waals surface area contributed by atoms with Crippen LogP contribution in [0.2, 0.25) is 0 Å². The zero-order chi connectivity index (χ0) is 15.6. The number of rotatable bonds is 3. The van der Waals surface area contributed by atoms with E-state index in [-0.39, 0.29) is 6.10 Å². The number of aromatic nitrogens is 5. The maximum absolute atomic E-state index is 12.9. The minimum absolute atomic E-state index is 0.101. The zero-order valence-electron chi connectivity index (χ0n) is 12.3. The van der Waals surface area contributed by atoms with Crippen LogP contribution in [-0.2, 0) is 0 Å². The fourth-order valence-electron chi connectivity index (χ4n) is 2.67. The summed E-state index contributed by atoms with van der Waals surface area (Å²) in [5.41, 5.74) is 0.764. The summed E-state index contributed by atoms with van der Waals surface area (Å²) in [5.74, 6) is 0.742. The van der Waals surface area contributed by atoms with Crippen molar-refractivity contribution in [3.05, 3.63) is 42.7 Å². The lowest BCUT2D eigenvalue weighted by atomic mass is 10.1. The van der Waals surface area contributed by atoms with Crippen molar-refractivity contribution < 1.29 is 9.13 Å². The number of piperidine rings is 1. The van der Waals surface area contributed by atoms with Crippen LogP contribution in [0.4, 0.5) is 10.3 Å². The summed E-state index contributed by atoms with van der Waals surface area (Å²) >= 11 is 0. The number of hydrogen-bond donors (Lipinski definition) is 0. The average Bonchev–Trinajstić information content (AvgIpc) is 3.04. The zero-order valence-corrected chi connectivity index (χ0v) is 12.3. The van der Waals surface area contributed by atoms with E-state index in [0.717, 1.165) is 31.6 Å². The average molecular weight is 314 g/mol. The first-order valence-corrected chi connectivity index (χ1v) is 7.47. The molecule has 4 rings (SSSR count). The smallest absolute Gasteiger partial charge is 0.225 e. The molecule has 0 aromatic carbocycles. The highest BCUT2D eigenvalue weighted by Gasteiger charge is 2.22. The highest BCUT2D eigenvalue weighted by atomic mass is 19.1. The second-order valence-electron chi connectivity index (χ2n) is 5.41. The molecule has 8 heteroatoms. The Morgan fingerprint density at radius 1 is 1.13 bits per heavy atom. The second kappa shape index (κ2) is 5.79. The Morgan fingerprint density at radius 3 is 2.70 bits per heavy atom. The number of anilines is 1. The molecule has 1 saturated heterocycles. The molecule has 0 atom stereocenters. The summed E-state index contributed by atoms with van der Waals surface area (Å²) in [6, 6.07) is 3.65. The molecule has 1 fully saturated rings. The summed E-state index contributed by atoms with van der Waals surface area (Å²) in [6.45, 7) is 1.54. The summed E-state index contributed by atoms with van der Waals surface area (Å²) in [5, 5.41) is 4.11. The molecule has 0 amide bonds. The van der Waals surface area contributed by atoms with Crippen molar-refractivity contribution in [3.8, 4) is 5.88 Å². The minimum atomic E-state index is -0.423. The maximum Gasteiger partial charge on any atom is 0.225 e. The predicted octanol–water partition coefficient (Wildman–Crippen LogP) is 1.71.